The van der Waals surface area contributed by atoms with Crippen molar-refractivity contribution in [1.82, 2.24) is 9.78 Å². The van der Waals surface area contributed by atoms with Gasteiger partial charge in [-0.25, -0.2) is 4.79 Å². The number of methoxy groups -OCH3 is 1. The van der Waals surface area contributed by atoms with E-state index in [1.165, 1.54) is 18.4 Å². The van der Waals surface area contributed by atoms with Crippen molar-refractivity contribution < 1.29 is 9.53 Å². The molecule has 2 heterocycles. The minimum atomic E-state index is -0.330. The second kappa shape index (κ2) is 4.89. The number of esters is 1. The van der Waals surface area contributed by atoms with Crippen LogP contribution in [0, 0.1) is 0 Å². The summed E-state index contributed by atoms with van der Waals surface area (Å²) in [5.41, 5.74) is 0.815. The van der Waals surface area contributed by atoms with Crippen molar-refractivity contribution in [2.75, 3.05) is 12.4 Å². The number of aryl methyl sites for hydroxylation is 1. The van der Waals surface area contributed by atoms with E-state index in [-0.39, 0.29) is 5.97 Å². The zero-order valence-electron chi connectivity index (χ0n) is 9.23. The minimum Gasteiger partial charge on any atom is -0.465 e. The Hall–Kier alpha value is -1.34. The van der Waals surface area contributed by atoms with Crippen LogP contribution in [0.25, 0.3) is 0 Å². The zero-order valence-corrected chi connectivity index (χ0v) is 11.6. The van der Waals surface area contributed by atoms with Crippen LogP contribution in [0.3, 0.4) is 0 Å². The molecule has 0 amide bonds. The first kappa shape index (κ1) is 12.1. The number of nitrogens with one attached hydrogen (secondary N) is 1. The fourth-order valence-corrected chi connectivity index (χ4v) is 2.52. The van der Waals surface area contributed by atoms with E-state index in [1.54, 1.807) is 10.7 Å². The lowest BCUT2D eigenvalue weighted by atomic mass is 10.4. The molecule has 2 rings (SSSR count). The van der Waals surface area contributed by atoms with Crippen LogP contribution < -0.4 is 5.32 Å². The monoisotopic (exact) mass is 315 g/mol. The first-order chi connectivity index (χ1) is 8.10. The SMILES string of the molecule is COC(=O)c1cc(Nc2nn(C)cc2Br)cs1. The highest BCUT2D eigenvalue weighted by Gasteiger charge is 2.11. The maximum Gasteiger partial charge on any atom is 0.348 e. The van der Waals surface area contributed by atoms with E-state index in [4.69, 9.17) is 0 Å². The van der Waals surface area contributed by atoms with Crippen LogP contribution in [0.1, 0.15) is 9.67 Å². The topological polar surface area (TPSA) is 56.1 Å². The van der Waals surface area contributed by atoms with Crippen molar-refractivity contribution in [3.63, 3.8) is 0 Å². The molecule has 0 aliphatic heterocycles. The third-order valence-corrected chi connectivity index (χ3v) is 3.52. The first-order valence-corrected chi connectivity index (χ1v) is 6.40. The normalized spacial score (nSPS) is 10.3. The first-order valence-electron chi connectivity index (χ1n) is 4.73. The van der Waals surface area contributed by atoms with Gasteiger partial charge in [-0.2, -0.15) is 5.10 Å². The van der Waals surface area contributed by atoms with Crippen molar-refractivity contribution in [2.24, 2.45) is 7.05 Å². The second-order valence-electron chi connectivity index (χ2n) is 3.32. The maximum atomic E-state index is 11.3. The fraction of sp³-hybridized carbons (Fsp3) is 0.200. The molecule has 7 heteroatoms. The Balaban J connectivity index is 2.17. The number of carbonyl (C=O) groups excluding carboxylic acids is 1. The number of rotatable bonds is 3. The summed E-state index contributed by atoms with van der Waals surface area (Å²) in [5.74, 6) is 0.379. The molecule has 5 nitrogen and oxygen atoms in total. The van der Waals surface area contributed by atoms with E-state index < -0.39 is 0 Å². The van der Waals surface area contributed by atoms with Gasteiger partial charge in [0.1, 0.15) is 4.88 Å². The Labute approximate surface area is 111 Å². The fourth-order valence-electron chi connectivity index (χ4n) is 1.29. The van der Waals surface area contributed by atoms with E-state index in [0.717, 1.165) is 10.2 Å². The molecule has 0 atom stereocenters. The number of carbonyl (C=O) groups is 1. The molecule has 90 valence electrons. The van der Waals surface area contributed by atoms with Gasteiger partial charge < -0.3 is 10.1 Å². The van der Waals surface area contributed by atoms with E-state index in [1.807, 2.05) is 18.6 Å². The summed E-state index contributed by atoms with van der Waals surface area (Å²) in [6.07, 6.45) is 1.84. The molecule has 2 aromatic rings. The molecule has 0 bridgehead atoms. The van der Waals surface area contributed by atoms with Gasteiger partial charge in [0.05, 0.1) is 17.3 Å². The molecule has 0 unspecified atom stereocenters. The smallest absolute Gasteiger partial charge is 0.348 e. The summed E-state index contributed by atoms with van der Waals surface area (Å²) in [7, 11) is 3.20. The van der Waals surface area contributed by atoms with Gasteiger partial charge in [-0.05, 0) is 22.0 Å². The van der Waals surface area contributed by atoms with E-state index in [2.05, 4.69) is 31.1 Å². The third-order valence-electron chi connectivity index (χ3n) is 2.03. The number of hydrogen-bond donors (Lipinski definition) is 1. The van der Waals surface area contributed by atoms with Crippen molar-refractivity contribution in [2.45, 2.75) is 0 Å². The lowest BCUT2D eigenvalue weighted by molar-refractivity contribution is 0.0606. The number of nitrogens with zero attached hydrogens (tertiary/aromatic N) is 2. The van der Waals surface area contributed by atoms with Crippen LogP contribution in [0.15, 0.2) is 22.1 Å². The van der Waals surface area contributed by atoms with Gasteiger partial charge in [0, 0.05) is 18.6 Å². The Kier molecular flexibility index (Phi) is 3.49. The average molecular weight is 316 g/mol. The molecular formula is C10H10BrN3O2S. The molecule has 0 saturated heterocycles. The molecule has 0 spiro atoms. The Morgan fingerprint density at radius 1 is 1.65 bits per heavy atom. The summed E-state index contributed by atoms with van der Waals surface area (Å²) in [5, 5.41) is 9.18. The molecule has 0 aromatic carbocycles. The zero-order chi connectivity index (χ0) is 12.4. The van der Waals surface area contributed by atoms with E-state index >= 15 is 0 Å². The highest BCUT2D eigenvalue weighted by atomic mass is 79.9. The molecular weight excluding hydrogens is 306 g/mol. The van der Waals surface area contributed by atoms with Gasteiger partial charge in [0.2, 0.25) is 0 Å². The Morgan fingerprint density at radius 3 is 3.00 bits per heavy atom. The predicted octanol–water partition coefficient (Wildman–Crippen LogP) is 2.77. The van der Waals surface area contributed by atoms with Gasteiger partial charge in [-0.1, -0.05) is 0 Å². The van der Waals surface area contributed by atoms with Gasteiger partial charge >= 0.3 is 5.97 Å². The molecule has 0 saturated carbocycles. The largest absolute Gasteiger partial charge is 0.465 e. The Bertz CT molecular complexity index is 549. The maximum absolute atomic E-state index is 11.3. The molecule has 2 aromatic heterocycles. The quantitative estimate of drug-likeness (QED) is 0.885. The molecule has 1 N–H and O–H groups in total. The summed E-state index contributed by atoms with van der Waals surface area (Å²) < 4.78 is 7.20. The molecule has 0 aliphatic carbocycles. The van der Waals surface area contributed by atoms with Crippen LogP contribution in [-0.4, -0.2) is 22.9 Å². The summed E-state index contributed by atoms with van der Waals surface area (Å²) >= 11 is 4.72. The highest BCUT2D eigenvalue weighted by Crippen LogP contribution is 2.27. The number of aromatic nitrogens is 2. The molecule has 0 radical (unpaired) electrons. The van der Waals surface area contributed by atoms with Crippen molar-refractivity contribution in [3.05, 3.63) is 27.0 Å². The lowest BCUT2D eigenvalue weighted by Crippen LogP contribution is -1.97. The third kappa shape index (κ3) is 2.67. The van der Waals surface area contributed by atoms with Crippen molar-refractivity contribution in [3.8, 4) is 0 Å². The number of thiophene rings is 1. The van der Waals surface area contributed by atoms with Crippen LogP contribution in [-0.2, 0) is 11.8 Å². The van der Waals surface area contributed by atoms with Gasteiger partial charge in [-0.15, -0.1) is 11.3 Å². The Morgan fingerprint density at radius 2 is 2.41 bits per heavy atom. The van der Waals surface area contributed by atoms with Gasteiger partial charge in [0.25, 0.3) is 0 Å². The molecule has 0 aliphatic rings. The average Bonchev–Trinajstić information content (AvgIpc) is 2.86. The number of ether oxygens (including phenoxy) is 1. The summed E-state index contributed by atoms with van der Waals surface area (Å²) in [6, 6.07) is 1.73. The molecule has 17 heavy (non-hydrogen) atoms. The van der Waals surface area contributed by atoms with Crippen LogP contribution in [0.4, 0.5) is 11.5 Å². The van der Waals surface area contributed by atoms with Crippen LogP contribution in [0.5, 0.6) is 0 Å². The van der Waals surface area contributed by atoms with Gasteiger partial charge in [-0.3, -0.25) is 4.68 Å². The van der Waals surface area contributed by atoms with Crippen molar-refractivity contribution >= 4 is 44.7 Å². The van der Waals surface area contributed by atoms with E-state index in [9.17, 15) is 4.79 Å². The predicted molar refractivity (Wildman–Crippen MR) is 69.8 cm³/mol. The number of anilines is 2. The van der Waals surface area contributed by atoms with Crippen LogP contribution in [0.2, 0.25) is 0 Å². The minimum absolute atomic E-state index is 0.330. The van der Waals surface area contributed by atoms with Crippen molar-refractivity contribution in [1.29, 1.82) is 0 Å². The lowest BCUT2D eigenvalue weighted by Gasteiger charge is -1.99. The van der Waals surface area contributed by atoms with Gasteiger partial charge in [0.15, 0.2) is 5.82 Å². The van der Waals surface area contributed by atoms with Crippen LogP contribution >= 0.6 is 27.3 Å². The summed E-state index contributed by atoms with van der Waals surface area (Å²) in [6.45, 7) is 0. The highest BCUT2D eigenvalue weighted by molar-refractivity contribution is 9.10. The van der Waals surface area contributed by atoms with E-state index in [0.29, 0.717) is 10.7 Å². The molecule has 0 fully saturated rings. The summed E-state index contributed by atoms with van der Waals surface area (Å²) in [4.78, 5) is 11.8. The second-order valence-corrected chi connectivity index (χ2v) is 5.08. The number of hydrogen-bond acceptors (Lipinski definition) is 5. The number of halogens is 1. The standard InChI is InChI=1S/C10H10BrN3O2S/c1-14-4-7(11)9(13-14)12-6-3-8(17-5-6)10(15)16-2/h3-5H,1-2H3,(H,12,13).